The van der Waals surface area contributed by atoms with Crippen molar-refractivity contribution in [2.24, 2.45) is 0 Å². The Balaban J connectivity index is 1.87. The van der Waals surface area contributed by atoms with Crippen molar-refractivity contribution >= 4 is 17.7 Å². The average Bonchev–Trinajstić information content (AvgIpc) is 2.77. The lowest BCUT2D eigenvalue weighted by Gasteiger charge is -2.35. The highest BCUT2D eigenvalue weighted by Crippen LogP contribution is 2.45. The molecule has 1 aliphatic heterocycles. The molecule has 0 bridgehead atoms. The van der Waals surface area contributed by atoms with Gasteiger partial charge in [-0.25, -0.2) is 0 Å². The highest BCUT2D eigenvalue weighted by molar-refractivity contribution is 8.01. The number of carbonyl (C=O) groups excluding carboxylic acids is 1. The monoisotopic (exact) mass is 276 g/mol. The van der Waals surface area contributed by atoms with Gasteiger partial charge >= 0.3 is 0 Å². The molecule has 0 spiro atoms. The van der Waals surface area contributed by atoms with E-state index < -0.39 is 0 Å². The summed E-state index contributed by atoms with van der Waals surface area (Å²) in [6.45, 7) is 2.03. The zero-order chi connectivity index (χ0) is 13.2. The molecule has 2 heterocycles. The molecular weight excluding hydrogens is 256 g/mol. The standard InChI is InChI=1S/C15H20N2OS/c1-11-14(18)17(13-7-3-2-4-8-13)15(19-11)12-6-5-9-16-10-12/h5-6,9-11,13,15H,2-4,7-8H2,1H3. The Bertz CT molecular complexity index is 445. The molecule has 2 unspecified atom stereocenters. The fraction of sp³-hybridized carbons (Fsp3) is 0.600. The van der Waals surface area contributed by atoms with Gasteiger partial charge < -0.3 is 4.90 Å². The minimum absolute atomic E-state index is 0.0760. The van der Waals surface area contributed by atoms with Gasteiger partial charge in [-0.05, 0) is 25.8 Å². The Morgan fingerprint density at radius 3 is 2.79 bits per heavy atom. The van der Waals surface area contributed by atoms with Gasteiger partial charge in [-0.3, -0.25) is 9.78 Å². The number of amides is 1. The lowest BCUT2D eigenvalue weighted by atomic mass is 9.93. The van der Waals surface area contributed by atoms with Crippen molar-refractivity contribution in [2.45, 2.75) is 55.7 Å². The fourth-order valence-electron chi connectivity index (χ4n) is 3.13. The maximum absolute atomic E-state index is 12.5. The Morgan fingerprint density at radius 1 is 1.32 bits per heavy atom. The second-order valence-electron chi connectivity index (χ2n) is 5.45. The van der Waals surface area contributed by atoms with Crippen LogP contribution in [0.15, 0.2) is 24.5 Å². The molecule has 1 amide bonds. The van der Waals surface area contributed by atoms with Crippen LogP contribution in [0.25, 0.3) is 0 Å². The van der Waals surface area contributed by atoms with Crippen molar-refractivity contribution in [2.75, 3.05) is 0 Å². The van der Waals surface area contributed by atoms with E-state index in [0.717, 1.165) is 18.4 Å². The molecule has 19 heavy (non-hydrogen) atoms. The van der Waals surface area contributed by atoms with E-state index in [9.17, 15) is 4.79 Å². The number of carbonyl (C=O) groups is 1. The number of hydrogen-bond donors (Lipinski definition) is 0. The number of rotatable bonds is 2. The minimum atomic E-state index is 0.0760. The van der Waals surface area contributed by atoms with Crippen LogP contribution >= 0.6 is 11.8 Å². The van der Waals surface area contributed by atoms with Gasteiger partial charge in [0.1, 0.15) is 5.37 Å². The second kappa shape index (κ2) is 5.53. The van der Waals surface area contributed by atoms with Crippen LogP contribution in [0.5, 0.6) is 0 Å². The van der Waals surface area contributed by atoms with E-state index in [4.69, 9.17) is 0 Å². The van der Waals surface area contributed by atoms with Crippen molar-refractivity contribution in [3.05, 3.63) is 30.1 Å². The van der Waals surface area contributed by atoms with Crippen molar-refractivity contribution < 1.29 is 4.79 Å². The summed E-state index contributed by atoms with van der Waals surface area (Å²) < 4.78 is 0. The van der Waals surface area contributed by atoms with Crippen LogP contribution in [0.2, 0.25) is 0 Å². The highest BCUT2D eigenvalue weighted by Gasteiger charge is 2.42. The molecule has 1 aromatic heterocycles. The number of aromatic nitrogens is 1. The van der Waals surface area contributed by atoms with E-state index in [0.29, 0.717) is 11.9 Å². The molecule has 1 saturated heterocycles. The Morgan fingerprint density at radius 2 is 2.11 bits per heavy atom. The zero-order valence-corrected chi connectivity index (χ0v) is 12.1. The largest absolute Gasteiger partial charge is 0.323 e. The molecule has 0 radical (unpaired) electrons. The van der Waals surface area contributed by atoms with E-state index in [1.165, 1.54) is 19.3 Å². The zero-order valence-electron chi connectivity index (χ0n) is 11.3. The molecule has 3 rings (SSSR count). The molecule has 102 valence electrons. The van der Waals surface area contributed by atoms with Crippen LogP contribution in [0.4, 0.5) is 0 Å². The van der Waals surface area contributed by atoms with Crippen molar-refractivity contribution in [3.63, 3.8) is 0 Å². The van der Waals surface area contributed by atoms with Gasteiger partial charge in [0.05, 0.1) is 5.25 Å². The quantitative estimate of drug-likeness (QED) is 0.830. The molecule has 1 aromatic rings. The summed E-state index contributed by atoms with van der Waals surface area (Å²) in [5, 5.41) is 0.242. The number of thioether (sulfide) groups is 1. The smallest absolute Gasteiger partial charge is 0.236 e. The van der Waals surface area contributed by atoms with E-state index in [-0.39, 0.29) is 10.6 Å². The molecular formula is C15H20N2OS. The average molecular weight is 276 g/mol. The van der Waals surface area contributed by atoms with Crippen molar-refractivity contribution in [1.29, 1.82) is 0 Å². The van der Waals surface area contributed by atoms with Gasteiger partial charge in [-0.1, -0.05) is 25.3 Å². The Hall–Kier alpha value is -1.03. The molecule has 2 atom stereocenters. The summed E-state index contributed by atoms with van der Waals surface area (Å²) >= 11 is 1.76. The van der Waals surface area contributed by atoms with E-state index in [2.05, 4.69) is 16.0 Å². The fourth-order valence-corrected chi connectivity index (χ4v) is 4.46. The predicted octanol–water partition coefficient (Wildman–Crippen LogP) is 3.38. The van der Waals surface area contributed by atoms with Crippen molar-refractivity contribution in [1.82, 2.24) is 9.88 Å². The van der Waals surface area contributed by atoms with Crippen LogP contribution in [-0.2, 0) is 4.79 Å². The first-order valence-corrected chi connectivity index (χ1v) is 8.09. The van der Waals surface area contributed by atoms with Gasteiger partial charge in [0.15, 0.2) is 0 Å². The van der Waals surface area contributed by atoms with E-state index >= 15 is 0 Å². The summed E-state index contributed by atoms with van der Waals surface area (Å²) in [7, 11) is 0. The van der Waals surface area contributed by atoms with Crippen LogP contribution in [-0.4, -0.2) is 27.1 Å². The molecule has 0 N–H and O–H groups in total. The highest BCUT2D eigenvalue weighted by atomic mass is 32.2. The van der Waals surface area contributed by atoms with Crippen LogP contribution in [0, 0.1) is 0 Å². The minimum Gasteiger partial charge on any atom is -0.323 e. The molecule has 1 saturated carbocycles. The first kappa shape index (κ1) is 13.0. The summed E-state index contributed by atoms with van der Waals surface area (Å²) in [5.41, 5.74) is 1.16. The summed E-state index contributed by atoms with van der Waals surface area (Å²) in [6, 6.07) is 4.48. The molecule has 4 heteroatoms. The lowest BCUT2D eigenvalue weighted by molar-refractivity contribution is -0.132. The summed E-state index contributed by atoms with van der Waals surface area (Å²) in [5.74, 6) is 0.311. The predicted molar refractivity (Wildman–Crippen MR) is 77.8 cm³/mol. The van der Waals surface area contributed by atoms with Crippen LogP contribution < -0.4 is 0 Å². The topological polar surface area (TPSA) is 33.2 Å². The number of hydrogen-bond acceptors (Lipinski definition) is 3. The van der Waals surface area contributed by atoms with Gasteiger partial charge in [0, 0.05) is 24.0 Å². The molecule has 3 nitrogen and oxygen atoms in total. The first-order chi connectivity index (χ1) is 9.27. The van der Waals surface area contributed by atoms with Crippen molar-refractivity contribution in [3.8, 4) is 0 Å². The van der Waals surface area contributed by atoms with Gasteiger partial charge in [-0.2, -0.15) is 0 Å². The normalized spacial score (nSPS) is 28.9. The Kier molecular flexibility index (Phi) is 3.78. The van der Waals surface area contributed by atoms with E-state index in [1.54, 1.807) is 18.0 Å². The third-order valence-corrected chi connectivity index (χ3v) is 5.49. The third-order valence-electron chi connectivity index (χ3n) is 4.13. The van der Waals surface area contributed by atoms with Gasteiger partial charge in [0.25, 0.3) is 0 Å². The first-order valence-electron chi connectivity index (χ1n) is 7.15. The molecule has 1 aliphatic carbocycles. The van der Waals surface area contributed by atoms with Crippen LogP contribution in [0.1, 0.15) is 50.0 Å². The molecule has 0 aromatic carbocycles. The van der Waals surface area contributed by atoms with E-state index in [1.807, 2.05) is 19.2 Å². The molecule has 2 fully saturated rings. The maximum Gasteiger partial charge on any atom is 0.236 e. The summed E-state index contributed by atoms with van der Waals surface area (Å²) in [4.78, 5) is 18.8. The number of nitrogens with zero attached hydrogens (tertiary/aromatic N) is 2. The summed E-state index contributed by atoms with van der Waals surface area (Å²) in [6.07, 6.45) is 9.85. The van der Waals surface area contributed by atoms with Crippen LogP contribution in [0.3, 0.4) is 0 Å². The number of pyridine rings is 1. The lowest BCUT2D eigenvalue weighted by Crippen LogP contribution is -2.40. The SMILES string of the molecule is CC1SC(c2cccnc2)N(C2CCCCC2)C1=O. The second-order valence-corrected chi connectivity index (χ2v) is 6.88. The van der Waals surface area contributed by atoms with Gasteiger partial charge in [-0.15, -0.1) is 11.8 Å². The maximum atomic E-state index is 12.5. The molecule has 2 aliphatic rings. The Labute approximate surface area is 118 Å². The third kappa shape index (κ3) is 2.50. The van der Waals surface area contributed by atoms with Gasteiger partial charge in [0.2, 0.25) is 5.91 Å².